The number of H-pyrrole nitrogens is 2. The number of primary amides is 1. The van der Waals surface area contributed by atoms with Crippen LogP contribution in [-0.4, -0.2) is 73.8 Å². The number of hydrogen-bond donors (Lipinski definition) is 8. The number of carbonyl (C=O) groups excluding carboxylic acids is 4. The maximum Gasteiger partial charge on any atom is 0.326 e. The number of aliphatic carboxylic acids is 1. The molecule has 4 amide bonds. The van der Waals surface area contributed by atoms with Gasteiger partial charge in [0.2, 0.25) is 23.6 Å². The highest BCUT2D eigenvalue weighted by Gasteiger charge is 2.32. The van der Waals surface area contributed by atoms with Gasteiger partial charge in [0.05, 0.1) is 18.8 Å². The number of hydrogen-bond acceptors (Lipinski definition) is 7. The summed E-state index contributed by atoms with van der Waals surface area (Å²) in [4.78, 5) is 72.7. The monoisotopic (exact) mass is 568 g/mol. The van der Waals surface area contributed by atoms with Gasteiger partial charge in [-0.05, 0) is 24.0 Å². The summed E-state index contributed by atoms with van der Waals surface area (Å²) >= 11 is 0. The number of rotatable bonds is 15. The second-order valence-electron chi connectivity index (χ2n) is 10.3. The molecule has 2 heterocycles. The molecule has 0 bridgehead atoms. The normalized spacial score (nSPS) is 14.1. The van der Waals surface area contributed by atoms with Gasteiger partial charge in [-0.15, -0.1) is 0 Å². The van der Waals surface area contributed by atoms with Crippen LogP contribution in [0, 0.1) is 5.92 Å². The van der Waals surface area contributed by atoms with Crippen molar-refractivity contribution in [3.8, 4) is 0 Å². The van der Waals surface area contributed by atoms with E-state index >= 15 is 0 Å². The number of aromatic nitrogens is 3. The highest BCUT2D eigenvalue weighted by atomic mass is 16.4. The summed E-state index contributed by atoms with van der Waals surface area (Å²) in [5.41, 5.74) is 13.2. The van der Waals surface area contributed by atoms with E-state index in [0.29, 0.717) is 17.7 Å². The van der Waals surface area contributed by atoms with Gasteiger partial charge in [0, 0.05) is 41.8 Å². The zero-order valence-electron chi connectivity index (χ0n) is 22.8. The lowest BCUT2D eigenvalue weighted by Crippen LogP contribution is -2.58. The number of carboxylic acids is 1. The van der Waals surface area contributed by atoms with Crippen LogP contribution < -0.4 is 27.4 Å². The lowest BCUT2D eigenvalue weighted by molar-refractivity contribution is -0.143. The van der Waals surface area contributed by atoms with Gasteiger partial charge >= 0.3 is 5.97 Å². The highest BCUT2D eigenvalue weighted by Crippen LogP contribution is 2.19. The molecule has 220 valence electrons. The number of nitrogens with zero attached hydrogens (tertiary/aromatic N) is 1. The Morgan fingerprint density at radius 1 is 0.927 bits per heavy atom. The first-order valence-corrected chi connectivity index (χ1v) is 13.1. The third-order valence-electron chi connectivity index (χ3n) is 6.43. The Bertz CT molecular complexity index is 1370. The standard InChI is InChI=1S/C27H36N8O6/c1-14(2)7-18(28)24(37)33-21(9-16-12-30-13-32-16)26(39)34-20(25(38)35-22(27(40)41)10-23(29)36)8-15-11-31-19-6-4-3-5-17(15)19/h3-6,11-14,18,20-22,31H,7-10,28H2,1-2H3,(H2,29,36)(H,30,32)(H,33,37)(H,34,39)(H,35,38)(H,40,41). The van der Waals surface area contributed by atoms with E-state index in [1.807, 2.05) is 38.1 Å². The van der Waals surface area contributed by atoms with Gasteiger partial charge in [0.25, 0.3) is 0 Å². The molecular weight excluding hydrogens is 532 g/mol. The summed E-state index contributed by atoms with van der Waals surface area (Å²) in [5, 5.41) is 17.9. The summed E-state index contributed by atoms with van der Waals surface area (Å²) in [6.45, 7) is 3.83. The second-order valence-corrected chi connectivity index (χ2v) is 10.3. The van der Waals surface area contributed by atoms with Crippen molar-refractivity contribution < 1.29 is 29.1 Å². The van der Waals surface area contributed by atoms with Gasteiger partial charge in [0.15, 0.2) is 0 Å². The van der Waals surface area contributed by atoms with E-state index in [1.54, 1.807) is 6.20 Å². The molecule has 3 aromatic rings. The topological polar surface area (TPSA) is 238 Å². The van der Waals surface area contributed by atoms with Crippen molar-refractivity contribution in [1.82, 2.24) is 30.9 Å². The Morgan fingerprint density at radius 3 is 2.17 bits per heavy atom. The fourth-order valence-corrected chi connectivity index (χ4v) is 4.39. The van der Waals surface area contributed by atoms with E-state index in [-0.39, 0.29) is 18.8 Å². The zero-order chi connectivity index (χ0) is 30.1. The summed E-state index contributed by atoms with van der Waals surface area (Å²) in [5.74, 6) is -4.33. The minimum Gasteiger partial charge on any atom is -0.480 e. The molecule has 0 radical (unpaired) electrons. The first-order valence-electron chi connectivity index (χ1n) is 13.1. The number of nitrogens with one attached hydrogen (secondary N) is 5. The minimum absolute atomic E-state index is 0.0207. The number of imidazole rings is 1. The van der Waals surface area contributed by atoms with Crippen molar-refractivity contribution >= 4 is 40.5 Å². The van der Waals surface area contributed by atoms with E-state index in [1.165, 1.54) is 12.5 Å². The predicted molar refractivity (Wildman–Crippen MR) is 149 cm³/mol. The first kappa shape index (κ1) is 30.8. The minimum atomic E-state index is -1.60. The van der Waals surface area contributed by atoms with Crippen molar-refractivity contribution in [3.05, 3.63) is 54.2 Å². The molecule has 0 aliphatic carbocycles. The molecule has 4 unspecified atom stereocenters. The molecule has 3 rings (SSSR count). The maximum absolute atomic E-state index is 13.6. The first-order chi connectivity index (χ1) is 19.4. The molecule has 2 aromatic heterocycles. The molecule has 4 atom stereocenters. The number of nitrogens with two attached hydrogens (primary N) is 2. The number of para-hydroxylation sites is 1. The number of carboxylic acid groups (broad SMARTS) is 1. The van der Waals surface area contributed by atoms with Gasteiger partial charge in [-0.3, -0.25) is 19.2 Å². The van der Waals surface area contributed by atoms with Crippen molar-refractivity contribution in [2.75, 3.05) is 0 Å². The third-order valence-corrected chi connectivity index (χ3v) is 6.43. The summed E-state index contributed by atoms with van der Waals surface area (Å²) in [7, 11) is 0. The van der Waals surface area contributed by atoms with Crippen molar-refractivity contribution in [2.45, 2.75) is 63.7 Å². The summed E-state index contributed by atoms with van der Waals surface area (Å²) < 4.78 is 0. The number of aromatic amines is 2. The molecule has 0 aliphatic rings. The Kier molecular flexibility index (Phi) is 10.6. The molecule has 10 N–H and O–H groups in total. The summed E-state index contributed by atoms with van der Waals surface area (Å²) in [6, 6.07) is 2.46. The smallest absolute Gasteiger partial charge is 0.326 e. The lowest BCUT2D eigenvalue weighted by Gasteiger charge is -2.25. The average molecular weight is 569 g/mol. The van der Waals surface area contributed by atoms with E-state index in [9.17, 15) is 29.1 Å². The molecule has 0 saturated heterocycles. The molecule has 0 saturated carbocycles. The van der Waals surface area contributed by atoms with Crippen LogP contribution >= 0.6 is 0 Å². The van der Waals surface area contributed by atoms with Crippen LogP contribution in [0.5, 0.6) is 0 Å². The maximum atomic E-state index is 13.6. The SMILES string of the molecule is CC(C)CC(N)C(=O)NC(Cc1cnc[nH]1)C(=O)NC(Cc1c[nH]c2ccccc12)C(=O)NC(CC(N)=O)C(=O)O. The fraction of sp³-hybridized carbons (Fsp3) is 0.407. The quantitative estimate of drug-likeness (QED) is 0.118. The van der Waals surface area contributed by atoms with E-state index in [4.69, 9.17) is 11.5 Å². The predicted octanol–water partition coefficient (Wildman–Crippen LogP) is -0.536. The van der Waals surface area contributed by atoms with Crippen molar-refractivity contribution in [2.24, 2.45) is 17.4 Å². The Morgan fingerprint density at radius 2 is 1.56 bits per heavy atom. The van der Waals surface area contributed by atoms with Crippen LogP contribution in [0.2, 0.25) is 0 Å². The number of fused-ring (bicyclic) bond motifs is 1. The molecule has 1 aromatic carbocycles. The van der Waals surface area contributed by atoms with Crippen LogP contribution in [0.15, 0.2) is 43.0 Å². The van der Waals surface area contributed by atoms with Crippen LogP contribution in [-0.2, 0) is 36.8 Å². The second kappa shape index (κ2) is 14.1. The third kappa shape index (κ3) is 8.89. The van der Waals surface area contributed by atoms with Gasteiger partial charge in [-0.1, -0.05) is 32.0 Å². The van der Waals surface area contributed by atoms with Gasteiger partial charge in [-0.25, -0.2) is 9.78 Å². The van der Waals surface area contributed by atoms with E-state index in [0.717, 1.165) is 10.9 Å². The Hall–Kier alpha value is -4.72. The zero-order valence-corrected chi connectivity index (χ0v) is 22.8. The molecule has 0 spiro atoms. The van der Waals surface area contributed by atoms with Crippen molar-refractivity contribution in [1.29, 1.82) is 0 Å². The Balaban J connectivity index is 1.88. The lowest BCUT2D eigenvalue weighted by atomic mass is 10.0. The van der Waals surface area contributed by atoms with Crippen LogP contribution in [0.3, 0.4) is 0 Å². The fourth-order valence-electron chi connectivity index (χ4n) is 4.39. The van der Waals surface area contributed by atoms with E-state index in [2.05, 4.69) is 30.9 Å². The van der Waals surface area contributed by atoms with Gasteiger partial charge in [-0.2, -0.15) is 0 Å². The van der Waals surface area contributed by atoms with Gasteiger partial charge in [0.1, 0.15) is 18.1 Å². The van der Waals surface area contributed by atoms with Crippen LogP contribution in [0.25, 0.3) is 10.9 Å². The number of benzene rings is 1. The highest BCUT2D eigenvalue weighted by molar-refractivity contribution is 5.95. The van der Waals surface area contributed by atoms with Crippen LogP contribution in [0.4, 0.5) is 0 Å². The van der Waals surface area contributed by atoms with Crippen molar-refractivity contribution in [3.63, 3.8) is 0 Å². The number of amides is 4. The average Bonchev–Trinajstić information content (AvgIpc) is 3.56. The largest absolute Gasteiger partial charge is 0.480 e. The summed E-state index contributed by atoms with van der Waals surface area (Å²) in [6.07, 6.45) is 4.36. The molecule has 14 nitrogen and oxygen atoms in total. The molecule has 14 heteroatoms. The van der Waals surface area contributed by atoms with Crippen LogP contribution in [0.1, 0.15) is 37.9 Å². The number of carbonyl (C=O) groups is 5. The Labute approximate surface area is 236 Å². The van der Waals surface area contributed by atoms with Gasteiger partial charge < -0.3 is 42.5 Å². The van der Waals surface area contributed by atoms with E-state index < -0.39 is 60.2 Å². The molecule has 0 fully saturated rings. The molecule has 41 heavy (non-hydrogen) atoms. The molecule has 0 aliphatic heterocycles. The molecular formula is C27H36N8O6.